The van der Waals surface area contributed by atoms with E-state index < -0.39 is 0 Å². The van der Waals surface area contributed by atoms with Gasteiger partial charge in [0.2, 0.25) is 0 Å². The van der Waals surface area contributed by atoms with E-state index in [9.17, 15) is 9.59 Å². The summed E-state index contributed by atoms with van der Waals surface area (Å²) < 4.78 is 0. The number of amides is 1. The number of hydrogen-bond donors (Lipinski definition) is 2. The largest absolute Gasteiger partial charge is 0.354 e. The van der Waals surface area contributed by atoms with Gasteiger partial charge in [-0.15, -0.1) is 11.3 Å². The summed E-state index contributed by atoms with van der Waals surface area (Å²) in [6.45, 7) is 0. The third-order valence-corrected chi connectivity index (χ3v) is 4.12. The Bertz CT molecular complexity index is 924. The summed E-state index contributed by atoms with van der Waals surface area (Å²) in [5.41, 5.74) is 1.20. The molecule has 0 aliphatic heterocycles. The molecule has 0 saturated heterocycles. The summed E-state index contributed by atoms with van der Waals surface area (Å²) in [6.07, 6.45) is 4.96. The molecule has 1 aromatic carbocycles. The van der Waals surface area contributed by atoms with Crippen molar-refractivity contribution in [1.29, 1.82) is 0 Å². The molecule has 0 unspecified atom stereocenters. The number of para-hydroxylation sites is 1. The monoisotopic (exact) mass is 311 g/mol. The van der Waals surface area contributed by atoms with Crippen LogP contribution in [0.2, 0.25) is 0 Å². The Balaban J connectivity index is 1.92. The van der Waals surface area contributed by atoms with E-state index in [4.69, 9.17) is 0 Å². The Morgan fingerprint density at radius 2 is 2.14 bits per heavy atom. The average Bonchev–Trinajstić information content (AvgIpc) is 3.01. The van der Waals surface area contributed by atoms with E-state index in [2.05, 4.69) is 15.3 Å². The molecular formula is C16H13N3O2S. The van der Waals surface area contributed by atoms with Crippen molar-refractivity contribution < 1.29 is 4.79 Å². The Hall–Kier alpha value is -2.73. The summed E-state index contributed by atoms with van der Waals surface area (Å²) in [5, 5.41) is 4.19. The summed E-state index contributed by atoms with van der Waals surface area (Å²) in [6, 6.07) is 9.43. The second-order valence-electron chi connectivity index (χ2n) is 4.62. The molecule has 22 heavy (non-hydrogen) atoms. The zero-order valence-electron chi connectivity index (χ0n) is 11.8. The van der Waals surface area contributed by atoms with E-state index in [0.717, 1.165) is 10.9 Å². The normalized spacial score (nSPS) is 11.1. The molecule has 5 nitrogen and oxygen atoms in total. The molecular weight excluding hydrogens is 298 g/mol. The molecule has 2 heterocycles. The summed E-state index contributed by atoms with van der Waals surface area (Å²) in [5.74, 6) is -0.166. The van der Waals surface area contributed by atoms with E-state index in [1.165, 1.54) is 17.5 Å². The van der Waals surface area contributed by atoms with Crippen LogP contribution in [0.25, 0.3) is 23.1 Å². The van der Waals surface area contributed by atoms with Gasteiger partial charge in [-0.05, 0) is 29.7 Å². The van der Waals surface area contributed by atoms with E-state index in [1.807, 2.05) is 30.3 Å². The fourth-order valence-electron chi connectivity index (χ4n) is 2.04. The van der Waals surface area contributed by atoms with E-state index in [0.29, 0.717) is 15.4 Å². The minimum Gasteiger partial charge on any atom is -0.354 e. The first-order valence-corrected chi connectivity index (χ1v) is 7.47. The van der Waals surface area contributed by atoms with Crippen molar-refractivity contribution in [2.24, 2.45) is 0 Å². The maximum atomic E-state index is 12.0. The second kappa shape index (κ2) is 5.95. The average molecular weight is 311 g/mol. The van der Waals surface area contributed by atoms with Crippen LogP contribution >= 0.6 is 11.3 Å². The van der Waals surface area contributed by atoms with Gasteiger partial charge in [0, 0.05) is 18.1 Å². The quantitative estimate of drug-likeness (QED) is 0.780. The summed E-state index contributed by atoms with van der Waals surface area (Å²) in [7, 11) is 1.58. The topological polar surface area (TPSA) is 74.8 Å². The van der Waals surface area contributed by atoms with Gasteiger partial charge in [0.25, 0.3) is 11.5 Å². The standard InChI is InChI=1S/C16H13N3O2S/c1-17-16(21)13-9-18-14(22-13)7-6-11-8-10-4-2-3-5-12(10)19-15(11)20/h2-9H,1H3,(H,17,21)(H,19,20). The van der Waals surface area contributed by atoms with Crippen LogP contribution in [-0.2, 0) is 0 Å². The molecule has 3 rings (SSSR count). The third-order valence-electron chi connectivity index (χ3n) is 3.16. The predicted octanol–water partition coefficient (Wildman–Crippen LogP) is 2.51. The van der Waals surface area contributed by atoms with Gasteiger partial charge in [-0.3, -0.25) is 9.59 Å². The second-order valence-corrected chi connectivity index (χ2v) is 5.68. The number of aromatic nitrogens is 2. The molecule has 0 radical (unpaired) electrons. The zero-order chi connectivity index (χ0) is 15.5. The molecule has 2 aromatic heterocycles. The van der Waals surface area contributed by atoms with Crippen LogP contribution in [-0.4, -0.2) is 22.9 Å². The molecule has 2 N–H and O–H groups in total. The van der Waals surface area contributed by atoms with Gasteiger partial charge in [0.05, 0.1) is 6.20 Å². The number of aromatic amines is 1. The number of H-pyrrole nitrogens is 1. The van der Waals surface area contributed by atoms with Crippen LogP contribution in [0.3, 0.4) is 0 Å². The number of nitrogens with zero attached hydrogens (tertiary/aromatic N) is 1. The van der Waals surface area contributed by atoms with Gasteiger partial charge in [-0.25, -0.2) is 4.98 Å². The lowest BCUT2D eigenvalue weighted by molar-refractivity contribution is 0.0967. The number of pyridine rings is 1. The van der Waals surface area contributed by atoms with Crippen molar-refractivity contribution in [2.75, 3.05) is 7.05 Å². The molecule has 110 valence electrons. The number of carbonyl (C=O) groups excluding carboxylic acids is 1. The molecule has 0 aliphatic carbocycles. The lowest BCUT2D eigenvalue weighted by Crippen LogP contribution is -2.16. The Kier molecular flexibility index (Phi) is 3.84. The number of rotatable bonds is 3. The van der Waals surface area contributed by atoms with Crippen LogP contribution in [0.1, 0.15) is 20.2 Å². The molecule has 0 spiro atoms. The fraction of sp³-hybridized carbons (Fsp3) is 0.0625. The van der Waals surface area contributed by atoms with E-state index >= 15 is 0 Å². The van der Waals surface area contributed by atoms with Gasteiger partial charge in [-0.2, -0.15) is 0 Å². The van der Waals surface area contributed by atoms with Gasteiger partial charge < -0.3 is 10.3 Å². The highest BCUT2D eigenvalue weighted by Gasteiger charge is 2.07. The van der Waals surface area contributed by atoms with Crippen LogP contribution < -0.4 is 10.9 Å². The minimum absolute atomic E-state index is 0.155. The van der Waals surface area contributed by atoms with Crippen LogP contribution in [0, 0.1) is 0 Å². The highest BCUT2D eigenvalue weighted by atomic mass is 32.1. The molecule has 0 saturated carbocycles. The highest BCUT2D eigenvalue weighted by Crippen LogP contribution is 2.16. The van der Waals surface area contributed by atoms with E-state index in [-0.39, 0.29) is 11.5 Å². The Labute approximate surface area is 130 Å². The van der Waals surface area contributed by atoms with Gasteiger partial charge in [-0.1, -0.05) is 18.2 Å². The maximum Gasteiger partial charge on any atom is 0.262 e. The van der Waals surface area contributed by atoms with Crippen LogP contribution in [0.4, 0.5) is 0 Å². The number of thiazole rings is 1. The zero-order valence-corrected chi connectivity index (χ0v) is 12.6. The maximum absolute atomic E-state index is 12.0. The SMILES string of the molecule is CNC(=O)c1cnc(C=Cc2cc3ccccc3[nH]c2=O)s1. The Morgan fingerprint density at radius 3 is 2.95 bits per heavy atom. The van der Waals surface area contributed by atoms with Crippen molar-refractivity contribution in [3.8, 4) is 0 Å². The van der Waals surface area contributed by atoms with Crippen molar-refractivity contribution >= 4 is 40.3 Å². The highest BCUT2D eigenvalue weighted by molar-refractivity contribution is 7.14. The first-order valence-electron chi connectivity index (χ1n) is 6.65. The predicted molar refractivity (Wildman–Crippen MR) is 89.0 cm³/mol. The number of hydrogen-bond acceptors (Lipinski definition) is 4. The number of fused-ring (bicyclic) bond motifs is 1. The molecule has 6 heteroatoms. The van der Waals surface area contributed by atoms with Gasteiger partial charge in [0.15, 0.2) is 0 Å². The lowest BCUT2D eigenvalue weighted by Gasteiger charge is -1.98. The van der Waals surface area contributed by atoms with Crippen molar-refractivity contribution in [3.05, 3.63) is 62.3 Å². The molecule has 0 fully saturated rings. The first kappa shape index (κ1) is 14.2. The molecule has 0 atom stereocenters. The number of nitrogens with one attached hydrogen (secondary N) is 2. The lowest BCUT2D eigenvalue weighted by atomic mass is 10.1. The molecule has 1 amide bonds. The Morgan fingerprint density at radius 1 is 1.32 bits per heavy atom. The molecule has 0 aliphatic rings. The van der Waals surface area contributed by atoms with Gasteiger partial charge in [0.1, 0.15) is 9.88 Å². The van der Waals surface area contributed by atoms with Crippen molar-refractivity contribution in [3.63, 3.8) is 0 Å². The number of carbonyl (C=O) groups is 1. The van der Waals surface area contributed by atoms with E-state index in [1.54, 1.807) is 19.2 Å². The van der Waals surface area contributed by atoms with Crippen molar-refractivity contribution in [1.82, 2.24) is 15.3 Å². The summed E-state index contributed by atoms with van der Waals surface area (Å²) in [4.78, 5) is 31.0. The van der Waals surface area contributed by atoms with Crippen molar-refractivity contribution in [2.45, 2.75) is 0 Å². The molecule has 3 aromatic rings. The number of benzene rings is 1. The van der Waals surface area contributed by atoms with Crippen LogP contribution in [0.15, 0.2) is 41.3 Å². The fourth-order valence-corrected chi connectivity index (χ4v) is 2.81. The van der Waals surface area contributed by atoms with Gasteiger partial charge >= 0.3 is 0 Å². The molecule has 0 bridgehead atoms. The third kappa shape index (κ3) is 2.82. The minimum atomic E-state index is -0.166. The summed E-state index contributed by atoms with van der Waals surface area (Å²) >= 11 is 1.27. The first-order chi connectivity index (χ1) is 10.7. The smallest absolute Gasteiger partial charge is 0.262 e. The van der Waals surface area contributed by atoms with Crippen LogP contribution in [0.5, 0.6) is 0 Å².